The molecular weight excluding hydrogens is 344 g/mol. The number of amides is 1. The molecule has 1 N–H and O–H groups in total. The minimum absolute atomic E-state index is 0.171. The molecule has 3 nitrogen and oxygen atoms in total. The number of nitrogens with zero attached hydrogens (tertiary/aromatic N) is 1. The molecule has 0 saturated carbocycles. The molecule has 0 fully saturated rings. The van der Waals surface area contributed by atoms with Crippen molar-refractivity contribution in [2.45, 2.75) is 19.8 Å². The van der Waals surface area contributed by atoms with Crippen molar-refractivity contribution in [1.29, 1.82) is 0 Å². The van der Waals surface area contributed by atoms with Gasteiger partial charge in [0.1, 0.15) is 0 Å². The van der Waals surface area contributed by atoms with E-state index < -0.39 is 0 Å². The van der Waals surface area contributed by atoms with E-state index in [4.69, 9.17) is 0 Å². The molecule has 0 unspecified atom stereocenters. The summed E-state index contributed by atoms with van der Waals surface area (Å²) in [7, 11) is 0. The summed E-state index contributed by atoms with van der Waals surface area (Å²) in [5.74, 6) is 0.272. The van der Waals surface area contributed by atoms with Crippen LogP contribution in [0.5, 0.6) is 0 Å². The van der Waals surface area contributed by atoms with Crippen LogP contribution >= 0.6 is 38.6 Å². The van der Waals surface area contributed by atoms with Crippen LogP contribution in [-0.2, 0) is 0 Å². The van der Waals surface area contributed by atoms with Crippen molar-refractivity contribution in [1.82, 2.24) is 5.43 Å². The van der Waals surface area contributed by atoms with Gasteiger partial charge in [-0.05, 0) is 40.0 Å². The van der Waals surface area contributed by atoms with E-state index in [1.807, 2.05) is 23.6 Å². The Balaban J connectivity index is 1.95. The molecule has 2 aromatic heterocycles. The maximum atomic E-state index is 11.9. The Kier molecular flexibility index (Phi) is 4.90. The van der Waals surface area contributed by atoms with Crippen molar-refractivity contribution >= 4 is 50.7 Å². The Morgan fingerprint density at radius 2 is 2.26 bits per heavy atom. The van der Waals surface area contributed by atoms with Crippen LogP contribution in [0.3, 0.4) is 0 Å². The van der Waals surface area contributed by atoms with Gasteiger partial charge in [0.05, 0.1) is 15.6 Å². The second-order valence-corrected chi connectivity index (χ2v) is 7.67. The number of carbonyl (C=O) groups excluding carboxylic acids is 1. The summed E-state index contributed by atoms with van der Waals surface area (Å²) in [6.07, 6.45) is 1.64. The van der Waals surface area contributed by atoms with Crippen LogP contribution < -0.4 is 5.43 Å². The maximum absolute atomic E-state index is 11.9. The number of thiophene rings is 2. The number of hydrazone groups is 1. The van der Waals surface area contributed by atoms with Gasteiger partial charge < -0.3 is 0 Å². The standard InChI is InChI=1S/C13H13BrN2OS2/c1-8(2)11-5-9(7-18-11)13(17)16-15-6-10-3-4-12(14)19-10/h3-8H,1-2H3,(H,16,17)/b15-6+. The minimum Gasteiger partial charge on any atom is -0.267 e. The minimum atomic E-state index is -0.171. The van der Waals surface area contributed by atoms with E-state index in [2.05, 4.69) is 40.3 Å². The third kappa shape index (κ3) is 3.99. The molecule has 0 aliphatic heterocycles. The molecular formula is C13H13BrN2OS2. The smallest absolute Gasteiger partial charge is 0.267 e. The van der Waals surface area contributed by atoms with E-state index in [0.717, 1.165) is 8.66 Å². The molecule has 2 rings (SSSR count). The van der Waals surface area contributed by atoms with Crippen molar-refractivity contribution in [2.75, 3.05) is 0 Å². The van der Waals surface area contributed by atoms with Gasteiger partial charge in [0.2, 0.25) is 0 Å². The first-order valence-electron chi connectivity index (χ1n) is 5.73. The first-order valence-corrected chi connectivity index (χ1v) is 8.22. The lowest BCUT2D eigenvalue weighted by Gasteiger charge is -1.97. The van der Waals surface area contributed by atoms with Gasteiger partial charge >= 0.3 is 0 Å². The Morgan fingerprint density at radius 1 is 1.47 bits per heavy atom. The van der Waals surface area contributed by atoms with Gasteiger partial charge in [-0.15, -0.1) is 22.7 Å². The highest BCUT2D eigenvalue weighted by molar-refractivity contribution is 9.11. The maximum Gasteiger partial charge on any atom is 0.272 e. The molecule has 1 amide bonds. The average molecular weight is 357 g/mol. The lowest BCUT2D eigenvalue weighted by Crippen LogP contribution is -2.16. The highest BCUT2D eigenvalue weighted by Gasteiger charge is 2.09. The molecule has 19 heavy (non-hydrogen) atoms. The Bertz CT molecular complexity index is 601. The summed E-state index contributed by atoms with van der Waals surface area (Å²) in [5.41, 5.74) is 3.20. The Morgan fingerprint density at radius 3 is 2.84 bits per heavy atom. The molecule has 0 saturated heterocycles. The lowest BCUT2D eigenvalue weighted by molar-refractivity contribution is 0.0955. The van der Waals surface area contributed by atoms with Gasteiger partial charge in [-0.2, -0.15) is 5.10 Å². The van der Waals surface area contributed by atoms with Gasteiger partial charge in [-0.25, -0.2) is 5.43 Å². The number of hydrogen-bond donors (Lipinski definition) is 1. The first-order chi connectivity index (χ1) is 9.06. The van der Waals surface area contributed by atoms with Crippen LogP contribution in [0.2, 0.25) is 0 Å². The fourth-order valence-corrected chi connectivity index (χ4v) is 3.59. The van der Waals surface area contributed by atoms with Crippen molar-refractivity contribution in [2.24, 2.45) is 5.10 Å². The summed E-state index contributed by atoms with van der Waals surface area (Å²) in [5, 5.41) is 5.82. The zero-order valence-corrected chi connectivity index (χ0v) is 13.7. The molecule has 2 heterocycles. The van der Waals surface area contributed by atoms with Gasteiger partial charge in [0.15, 0.2) is 0 Å². The van der Waals surface area contributed by atoms with Crippen LogP contribution in [0, 0.1) is 0 Å². The first kappa shape index (κ1) is 14.4. The second-order valence-electron chi connectivity index (χ2n) is 4.23. The zero-order chi connectivity index (χ0) is 13.8. The molecule has 0 aromatic carbocycles. The van der Waals surface area contributed by atoms with Gasteiger partial charge in [0.25, 0.3) is 5.91 Å². The van der Waals surface area contributed by atoms with E-state index in [9.17, 15) is 4.79 Å². The average Bonchev–Trinajstić information content (AvgIpc) is 2.98. The van der Waals surface area contributed by atoms with Crippen LogP contribution in [0.25, 0.3) is 0 Å². The van der Waals surface area contributed by atoms with Crippen LogP contribution in [0.1, 0.15) is 39.9 Å². The third-order valence-electron chi connectivity index (χ3n) is 2.40. The number of nitrogens with one attached hydrogen (secondary N) is 1. The molecule has 0 spiro atoms. The normalized spacial score (nSPS) is 11.4. The van der Waals surface area contributed by atoms with E-state index in [-0.39, 0.29) is 5.91 Å². The number of rotatable bonds is 4. The number of halogens is 1. The fourth-order valence-electron chi connectivity index (χ4n) is 1.39. The molecule has 100 valence electrons. The molecule has 0 aliphatic rings. The highest BCUT2D eigenvalue weighted by Crippen LogP contribution is 2.23. The van der Waals surface area contributed by atoms with E-state index in [1.54, 1.807) is 28.9 Å². The number of hydrogen-bond acceptors (Lipinski definition) is 4. The Hall–Kier alpha value is -0.980. The Labute approximate surface area is 128 Å². The summed E-state index contributed by atoms with van der Waals surface area (Å²) >= 11 is 6.54. The largest absolute Gasteiger partial charge is 0.272 e. The highest BCUT2D eigenvalue weighted by atomic mass is 79.9. The molecule has 0 radical (unpaired) electrons. The number of carbonyl (C=O) groups is 1. The van der Waals surface area contributed by atoms with E-state index >= 15 is 0 Å². The second kappa shape index (κ2) is 6.45. The molecule has 2 aromatic rings. The van der Waals surface area contributed by atoms with Crippen molar-refractivity contribution in [3.63, 3.8) is 0 Å². The summed E-state index contributed by atoms with van der Waals surface area (Å²) in [6.45, 7) is 4.22. The van der Waals surface area contributed by atoms with Crippen LogP contribution in [-0.4, -0.2) is 12.1 Å². The van der Waals surface area contributed by atoms with Crippen LogP contribution in [0.15, 0.2) is 32.5 Å². The summed E-state index contributed by atoms with van der Waals surface area (Å²) < 4.78 is 1.04. The molecule has 0 atom stereocenters. The summed E-state index contributed by atoms with van der Waals surface area (Å²) in [6, 6.07) is 5.80. The van der Waals surface area contributed by atoms with Crippen LogP contribution in [0.4, 0.5) is 0 Å². The predicted octanol–water partition coefficient (Wildman–Crippen LogP) is 4.46. The summed E-state index contributed by atoms with van der Waals surface area (Å²) in [4.78, 5) is 14.0. The van der Waals surface area contributed by atoms with Crippen molar-refractivity contribution in [3.8, 4) is 0 Å². The zero-order valence-electron chi connectivity index (χ0n) is 10.5. The SMILES string of the molecule is CC(C)c1cc(C(=O)N/N=C/c2ccc(Br)s2)cs1. The third-order valence-corrected chi connectivity index (χ3v) is 5.19. The molecule has 0 bridgehead atoms. The monoisotopic (exact) mass is 356 g/mol. The topological polar surface area (TPSA) is 41.5 Å². The van der Waals surface area contributed by atoms with Gasteiger partial charge in [-0.1, -0.05) is 13.8 Å². The van der Waals surface area contributed by atoms with Crippen molar-refractivity contribution < 1.29 is 4.79 Å². The van der Waals surface area contributed by atoms with Gasteiger partial charge in [0, 0.05) is 15.1 Å². The molecule has 0 aliphatic carbocycles. The fraction of sp³-hybridized carbons (Fsp3) is 0.231. The van der Waals surface area contributed by atoms with Gasteiger partial charge in [-0.3, -0.25) is 4.79 Å². The molecule has 6 heteroatoms. The van der Waals surface area contributed by atoms with E-state index in [1.165, 1.54) is 4.88 Å². The van der Waals surface area contributed by atoms with Crippen molar-refractivity contribution in [3.05, 3.63) is 42.7 Å². The lowest BCUT2D eigenvalue weighted by atomic mass is 10.1. The van der Waals surface area contributed by atoms with E-state index in [0.29, 0.717) is 11.5 Å². The predicted molar refractivity (Wildman–Crippen MR) is 85.5 cm³/mol. The quantitative estimate of drug-likeness (QED) is 0.637.